The van der Waals surface area contributed by atoms with Crippen molar-refractivity contribution >= 4 is 47.2 Å². The van der Waals surface area contributed by atoms with Crippen LogP contribution < -0.4 is 10.2 Å². The van der Waals surface area contributed by atoms with Crippen LogP contribution in [0.2, 0.25) is 0 Å². The van der Waals surface area contributed by atoms with Crippen LogP contribution in [0.3, 0.4) is 0 Å². The van der Waals surface area contributed by atoms with E-state index in [1.165, 1.54) is 31.3 Å². The third-order valence-corrected chi connectivity index (χ3v) is 6.93. The van der Waals surface area contributed by atoms with E-state index in [0.717, 1.165) is 16.8 Å². The number of nitrogens with one attached hydrogen (secondary N) is 1. The number of fused-ring (bicyclic) bond motifs is 2. The number of oxazole rings is 1. The van der Waals surface area contributed by atoms with Crippen LogP contribution in [0.15, 0.2) is 81.6 Å². The highest BCUT2D eigenvalue weighted by atomic mass is 19.1. The van der Waals surface area contributed by atoms with E-state index in [2.05, 4.69) is 10.3 Å². The van der Waals surface area contributed by atoms with Gasteiger partial charge in [0.05, 0.1) is 5.56 Å². The number of anilines is 1. The Labute approximate surface area is 265 Å². The average molecular weight is 628 g/mol. The zero-order valence-electron chi connectivity index (χ0n) is 26.5. The Morgan fingerprint density at radius 2 is 1.46 bits per heavy atom. The first-order valence-electron chi connectivity index (χ1n) is 14.2. The molecular weight excluding hydrogens is 592 g/mol. The summed E-state index contributed by atoms with van der Waals surface area (Å²) in [5.74, 6) is -0.580. The molecule has 238 valence electrons. The fraction of sp³-hybridized carbons (Fsp3) is 0.167. The predicted octanol–water partition coefficient (Wildman–Crippen LogP) is 8.24. The highest BCUT2D eigenvalue weighted by Gasteiger charge is 2.24. The molecule has 0 radical (unpaired) electrons. The number of rotatable bonds is 5. The van der Waals surface area contributed by atoms with Gasteiger partial charge in [0.25, 0.3) is 5.91 Å². The number of aromatic nitrogens is 1. The molecule has 0 spiro atoms. The minimum absolute atomic E-state index is 0.307. The van der Waals surface area contributed by atoms with E-state index in [9.17, 15) is 9.18 Å². The molecule has 0 saturated carbocycles. The molecular formula is C36H35F2N3O5. The van der Waals surface area contributed by atoms with Gasteiger partial charge in [-0.05, 0) is 72.6 Å². The molecule has 0 fully saturated rings. The van der Waals surface area contributed by atoms with Crippen LogP contribution in [0.25, 0.3) is 56.0 Å². The Balaban J connectivity index is 0.000000908. The number of nitrogens with zero attached hydrogens (tertiary/aromatic N) is 2. The van der Waals surface area contributed by atoms with Crippen molar-refractivity contribution in [1.29, 1.82) is 0 Å². The van der Waals surface area contributed by atoms with Gasteiger partial charge in [0.1, 0.15) is 42.1 Å². The summed E-state index contributed by atoms with van der Waals surface area (Å²) in [7, 11) is 5.28. The van der Waals surface area contributed by atoms with E-state index < -0.39 is 11.6 Å². The van der Waals surface area contributed by atoms with Gasteiger partial charge < -0.3 is 28.6 Å². The molecule has 0 saturated heterocycles. The van der Waals surface area contributed by atoms with E-state index >= 15 is 4.39 Å². The molecule has 0 bridgehead atoms. The first kappa shape index (κ1) is 34.8. The first-order valence-corrected chi connectivity index (χ1v) is 14.2. The summed E-state index contributed by atoms with van der Waals surface area (Å²) in [6, 6.07) is 19.7. The predicted molar refractivity (Wildman–Crippen MR) is 178 cm³/mol. The summed E-state index contributed by atoms with van der Waals surface area (Å²) in [6.07, 6.45) is 0. The van der Waals surface area contributed by atoms with Crippen molar-refractivity contribution in [3.8, 4) is 33.9 Å². The van der Waals surface area contributed by atoms with Crippen molar-refractivity contribution in [3.05, 3.63) is 95.6 Å². The molecule has 1 N–H and O–H groups in total. The number of hydrogen-bond acceptors (Lipinski definition) is 7. The molecule has 2 aromatic heterocycles. The van der Waals surface area contributed by atoms with Gasteiger partial charge in [0.15, 0.2) is 5.58 Å². The normalized spacial score (nSPS) is 10.2. The van der Waals surface area contributed by atoms with Gasteiger partial charge in [-0.25, -0.2) is 13.8 Å². The highest BCUT2D eigenvalue weighted by Crippen LogP contribution is 2.41. The monoisotopic (exact) mass is 627 g/mol. The number of carbonyl (C=O) groups excluding carboxylic acids is 3. The molecule has 0 unspecified atom stereocenters. The number of halogens is 2. The van der Waals surface area contributed by atoms with E-state index in [0.29, 0.717) is 56.0 Å². The van der Waals surface area contributed by atoms with Crippen molar-refractivity contribution < 1.29 is 32.0 Å². The summed E-state index contributed by atoms with van der Waals surface area (Å²) in [5, 5.41) is 3.21. The van der Waals surface area contributed by atoms with Crippen LogP contribution in [0.1, 0.15) is 29.8 Å². The highest BCUT2D eigenvalue weighted by molar-refractivity contribution is 6.13. The molecule has 6 aromatic rings. The summed E-state index contributed by atoms with van der Waals surface area (Å²) in [6.45, 7) is 9.94. The van der Waals surface area contributed by atoms with Gasteiger partial charge in [-0.15, -0.1) is 0 Å². The molecule has 0 aliphatic rings. The molecule has 0 aliphatic heterocycles. The molecule has 10 heteroatoms. The topological polar surface area (TPSA) is 106 Å². The Kier molecular flexibility index (Phi) is 11.7. The largest absolute Gasteiger partial charge is 0.455 e. The van der Waals surface area contributed by atoms with Crippen LogP contribution >= 0.6 is 0 Å². The maximum atomic E-state index is 15.1. The SMILES string of the molecule is C=O.C=O.CC.CNC(=O)c1c(-c2ccc(F)cc2)oc2cc(N(C)C)c(-c3cc(F)cc(-c4nc5c(C)cccc5o4)c3)cc12. The molecule has 0 atom stereocenters. The van der Waals surface area contributed by atoms with Crippen molar-refractivity contribution in [2.45, 2.75) is 20.8 Å². The molecule has 0 aliphatic carbocycles. The second-order valence-electron chi connectivity index (χ2n) is 9.82. The van der Waals surface area contributed by atoms with Gasteiger partial charge in [-0.3, -0.25) is 4.79 Å². The number of para-hydroxylation sites is 1. The van der Waals surface area contributed by atoms with Crippen molar-refractivity contribution in [1.82, 2.24) is 10.3 Å². The van der Waals surface area contributed by atoms with Gasteiger partial charge in [0, 0.05) is 55.0 Å². The number of benzene rings is 4. The van der Waals surface area contributed by atoms with E-state index in [4.69, 9.17) is 18.4 Å². The van der Waals surface area contributed by atoms with Crippen LogP contribution in [-0.2, 0) is 9.59 Å². The van der Waals surface area contributed by atoms with Crippen LogP contribution in [0.5, 0.6) is 0 Å². The summed E-state index contributed by atoms with van der Waals surface area (Å²) >= 11 is 0. The standard InChI is InChI=1S/C32H25F2N3O3.C2H6.2CH2O/c1-17-6-5-7-26-29(17)36-32(40-26)20-12-19(13-22(34)14-20)23-15-24-27(16-25(23)37(3)4)39-30(28(24)31(38)35-2)18-8-10-21(33)11-9-18;3*1-2/h5-16H,1-4H3,(H,35,38);1-2H3;2*1H2. The summed E-state index contributed by atoms with van der Waals surface area (Å²) in [5.41, 5.74) is 6.14. The smallest absolute Gasteiger partial charge is 0.255 e. The molecule has 1 amide bonds. The molecule has 4 aromatic carbocycles. The van der Waals surface area contributed by atoms with Crippen LogP contribution in [-0.4, -0.2) is 45.6 Å². The zero-order valence-corrected chi connectivity index (χ0v) is 26.5. The number of carbonyl (C=O) groups is 3. The lowest BCUT2D eigenvalue weighted by Crippen LogP contribution is -2.18. The third kappa shape index (κ3) is 6.86. The minimum Gasteiger partial charge on any atom is -0.455 e. The van der Waals surface area contributed by atoms with Crippen molar-refractivity contribution in [2.24, 2.45) is 0 Å². The maximum absolute atomic E-state index is 15.1. The second-order valence-corrected chi connectivity index (χ2v) is 9.82. The zero-order chi connectivity index (χ0) is 34.1. The van der Waals surface area contributed by atoms with Crippen LogP contribution in [0, 0.1) is 18.6 Å². The number of furan rings is 1. The minimum atomic E-state index is -0.456. The summed E-state index contributed by atoms with van der Waals surface area (Å²) in [4.78, 5) is 35.6. The van der Waals surface area contributed by atoms with Gasteiger partial charge in [0.2, 0.25) is 5.89 Å². The fourth-order valence-corrected chi connectivity index (χ4v) is 4.97. The Hall–Kier alpha value is -5.64. The van der Waals surface area contributed by atoms with Crippen molar-refractivity contribution in [2.75, 3.05) is 26.0 Å². The third-order valence-electron chi connectivity index (χ3n) is 6.93. The average Bonchev–Trinajstić information content (AvgIpc) is 3.69. The van der Waals surface area contributed by atoms with E-state index in [-0.39, 0.29) is 5.91 Å². The van der Waals surface area contributed by atoms with Gasteiger partial charge in [-0.1, -0.05) is 26.0 Å². The molecule has 46 heavy (non-hydrogen) atoms. The lowest BCUT2D eigenvalue weighted by Gasteiger charge is -2.18. The second kappa shape index (κ2) is 15.4. The fourth-order valence-electron chi connectivity index (χ4n) is 4.97. The van der Waals surface area contributed by atoms with Crippen LogP contribution in [0.4, 0.5) is 14.5 Å². The lowest BCUT2D eigenvalue weighted by atomic mass is 9.96. The summed E-state index contributed by atoms with van der Waals surface area (Å²) < 4.78 is 40.9. The van der Waals surface area contributed by atoms with E-state index in [1.54, 1.807) is 12.1 Å². The quantitative estimate of drug-likeness (QED) is 0.205. The Morgan fingerprint density at radius 1 is 0.804 bits per heavy atom. The number of hydrogen-bond donors (Lipinski definition) is 1. The van der Waals surface area contributed by atoms with Crippen molar-refractivity contribution in [3.63, 3.8) is 0 Å². The number of amides is 1. The molecule has 2 heterocycles. The van der Waals surface area contributed by atoms with E-state index in [1.807, 2.05) is 89.7 Å². The Bertz CT molecular complexity index is 1960. The Morgan fingerprint density at radius 3 is 2.07 bits per heavy atom. The molecule has 8 nitrogen and oxygen atoms in total. The maximum Gasteiger partial charge on any atom is 0.255 e. The first-order chi connectivity index (χ1) is 22.2. The lowest BCUT2D eigenvalue weighted by molar-refractivity contribution is -0.0987. The number of aryl methyl sites for hydroxylation is 1. The molecule has 6 rings (SSSR count). The van der Waals surface area contributed by atoms with Gasteiger partial charge >= 0.3 is 0 Å². The van der Waals surface area contributed by atoms with Gasteiger partial charge in [-0.2, -0.15) is 0 Å².